The molecule has 0 saturated heterocycles. The molecule has 0 heterocycles. The van der Waals surface area contributed by atoms with E-state index in [0.29, 0.717) is 17.6 Å². The van der Waals surface area contributed by atoms with Crippen molar-refractivity contribution >= 4 is 5.78 Å². The van der Waals surface area contributed by atoms with E-state index in [9.17, 15) is 4.79 Å². The van der Waals surface area contributed by atoms with Crippen molar-refractivity contribution in [1.29, 1.82) is 0 Å². The molecule has 4 aliphatic carbocycles. The molecule has 0 aromatic carbocycles. The van der Waals surface area contributed by atoms with Crippen molar-refractivity contribution < 1.29 is 4.79 Å². The Balaban J connectivity index is 1.77. The normalized spacial score (nSPS) is 43.4. The summed E-state index contributed by atoms with van der Waals surface area (Å²) in [6.45, 7) is 4.37. The summed E-state index contributed by atoms with van der Waals surface area (Å²) >= 11 is 0. The molecule has 96 valence electrons. The van der Waals surface area contributed by atoms with E-state index >= 15 is 0 Å². The van der Waals surface area contributed by atoms with Crippen LogP contribution in [0.4, 0.5) is 0 Å². The molecular weight excluding hydrogens is 208 g/mol. The van der Waals surface area contributed by atoms with Crippen molar-refractivity contribution in [3.05, 3.63) is 0 Å². The van der Waals surface area contributed by atoms with Crippen LogP contribution in [0, 0.1) is 35.5 Å². The standard InChI is InChI=1S/C16H26O/c1-3-12(4-2)16(17)15-13-6-10-5-11(8-13)9-14(15)7-10/h10-15H,3-9H2,1-2H3. The predicted molar refractivity (Wildman–Crippen MR) is 69.6 cm³/mol. The van der Waals surface area contributed by atoms with Gasteiger partial charge in [-0.1, -0.05) is 13.8 Å². The smallest absolute Gasteiger partial charge is 0.139 e. The maximum absolute atomic E-state index is 12.7. The third-order valence-electron chi connectivity index (χ3n) is 5.94. The molecule has 0 spiro atoms. The maximum Gasteiger partial charge on any atom is 0.139 e. The molecule has 0 unspecified atom stereocenters. The fourth-order valence-corrected chi connectivity index (χ4v) is 5.35. The highest BCUT2D eigenvalue weighted by atomic mass is 16.1. The van der Waals surface area contributed by atoms with Crippen molar-refractivity contribution in [2.75, 3.05) is 0 Å². The second kappa shape index (κ2) is 4.40. The monoisotopic (exact) mass is 234 g/mol. The third kappa shape index (κ3) is 1.86. The van der Waals surface area contributed by atoms with Gasteiger partial charge in [0.2, 0.25) is 0 Å². The van der Waals surface area contributed by atoms with Gasteiger partial charge < -0.3 is 0 Å². The van der Waals surface area contributed by atoms with Gasteiger partial charge in [-0.05, 0) is 68.6 Å². The Kier molecular flexibility index (Phi) is 3.04. The summed E-state index contributed by atoms with van der Waals surface area (Å²) in [6.07, 6.45) is 9.11. The maximum atomic E-state index is 12.7. The quantitative estimate of drug-likeness (QED) is 0.717. The van der Waals surface area contributed by atoms with Gasteiger partial charge in [-0.15, -0.1) is 0 Å². The molecule has 0 aromatic heterocycles. The Bertz CT molecular complexity index is 275. The molecule has 17 heavy (non-hydrogen) atoms. The first kappa shape index (κ1) is 11.7. The minimum atomic E-state index is 0.359. The number of carbonyl (C=O) groups excluding carboxylic acids is 1. The zero-order chi connectivity index (χ0) is 12.0. The molecular formula is C16H26O. The summed E-state index contributed by atoms with van der Waals surface area (Å²) in [6, 6.07) is 0. The van der Waals surface area contributed by atoms with Gasteiger partial charge in [0.05, 0.1) is 0 Å². The van der Waals surface area contributed by atoms with Crippen molar-refractivity contribution in [1.82, 2.24) is 0 Å². The lowest BCUT2D eigenvalue weighted by Gasteiger charge is -2.54. The molecule has 4 bridgehead atoms. The predicted octanol–water partition coefficient (Wildman–Crippen LogP) is 4.06. The number of hydrogen-bond acceptors (Lipinski definition) is 1. The van der Waals surface area contributed by atoms with Crippen molar-refractivity contribution in [2.24, 2.45) is 35.5 Å². The Hall–Kier alpha value is -0.330. The van der Waals surface area contributed by atoms with E-state index in [-0.39, 0.29) is 0 Å². The Morgan fingerprint density at radius 3 is 1.82 bits per heavy atom. The van der Waals surface area contributed by atoms with E-state index < -0.39 is 0 Å². The van der Waals surface area contributed by atoms with Crippen LogP contribution in [-0.2, 0) is 4.79 Å². The zero-order valence-electron chi connectivity index (χ0n) is 11.3. The highest BCUT2D eigenvalue weighted by Gasteiger charge is 2.51. The number of Topliss-reactive ketones (excluding diaryl/α,β-unsaturated/α-hetero) is 1. The molecule has 0 aliphatic heterocycles. The van der Waals surface area contributed by atoms with Crippen LogP contribution in [0.2, 0.25) is 0 Å². The first-order valence-electron chi connectivity index (χ1n) is 7.76. The highest BCUT2D eigenvalue weighted by Crippen LogP contribution is 2.57. The van der Waals surface area contributed by atoms with Crippen LogP contribution in [0.15, 0.2) is 0 Å². The summed E-state index contributed by atoms with van der Waals surface area (Å²) in [4.78, 5) is 12.7. The lowest BCUT2D eigenvalue weighted by Crippen LogP contribution is -2.49. The van der Waals surface area contributed by atoms with Gasteiger partial charge in [-0.2, -0.15) is 0 Å². The van der Waals surface area contributed by atoms with Crippen molar-refractivity contribution in [3.63, 3.8) is 0 Å². The van der Waals surface area contributed by atoms with Gasteiger partial charge >= 0.3 is 0 Å². The summed E-state index contributed by atoms with van der Waals surface area (Å²) in [5, 5.41) is 0. The van der Waals surface area contributed by atoms with Crippen LogP contribution < -0.4 is 0 Å². The number of hydrogen-bond donors (Lipinski definition) is 0. The van der Waals surface area contributed by atoms with Gasteiger partial charge in [0, 0.05) is 11.8 Å². The van der Waals surface area contributed by atoms with Crippen LogP contribution in [0.5, 0.6) is 0 Å². The molecule has 1 heteroatoms. The van der Waals surface area contributed by atoms with Crippen molar-refractivity contribution in [2.45, 2.75) is 58.8 Å². The summed E-state index contributed by atoms with van der Waals surface area (Å²) in [5.41, 5.74) is 0. The minimum Gasteiger partial charge on any atom is -0.299 e. The van der Waals surface area contributed by atoms with E-state index in [1.807, 2.05) is 0 Å². The molecule has 0 aromatic rings. The van der Waals surface area contributed by atoms with Gasteiger partial charge in [0.25, 0.3) is 0 Å². The SMILES string of the molecule is CCC(CC)C(=O)C1C2CC3CC(C2)CC1C3. The third-order valence-corrected chi connectivity index (χ3v) is 5.94. The zero-order valence-corrected chi connectivity index (χ0v) is 11.3. The molecule has 4 rings (SSSR count). The molecule has 0 N–H and O–H groups in total. The average Bonchev–Trinajstić information content (AvgIpc) is 2.29. The molecule has 1 nitrogen and oxygen atoms in total. The van der Waals surface area contributed by atoms with Crippen LogP contribution >= 0.6 is 0 Å². The lowest BCUT2D eigenvalue weighted by molar-refractivity contribution is -0.140. The largest absolute Gasteiger partial charge is 0.299 e. The molecule has 0 atom stereocenters. The van der Waals surface area contributed by atoms with Gasteiger partial charge in [0.1, 0.15) is 5.78 Å². The van der Waals surface area contributed by atoms with E-state index in [0.717, 1.165) is 36.5 Å². The molecule has 0 amide bonds. The van der Waals surface area contributed by atoms with Crippen LogP contribution in [0.3, 0.4) is 0 Å². The Morgan fingerprint density at radius 2 is 1.41 bits per heavy atom. The van der Waals surface area contributed by atoms with Crippen LogP contribution in [-0.4, -0.2) is 5.78 Å². The van der Waals surface area contributed by atoms with Gasteiger partial charge in [0.15, 0.2) is 0 Å². The van der Waals surface area contributed by atoms with E-state index in [1.54, 1.807) is 0 Å². The van der Waals surface area contributed by atoms with E-state index in [2.05, 4.69) is 13.8 Å². The topological polar surface area (TPSA) is 17.1 Å². The van der Waals surface area contributed by atoms with Crippen LogP contribution in [0.1, 0.15) is 58.8 Å². The molecule has 4 aliphatic rings. The van der Waals surface area contributed by atoms with Gasteiger partial charge in [-0.3, -0.25) is 4.79 Å². The number of rotatable bonds is 4. The highest BCUT2D eigenvalue weighted by molar-refractivity contribution is 5.84. The average molecular weight is 234 g/mol. The molecule has 4 fully saturated rings. The fourth-order valence-electron chi connectivity index (χ4n) is 5.35. The van der Waals surface area contributed by atoms with Crippen molar-refractivity contribution in [3.8, 4) is 0 Å². The van der Waals surface area contributed by atoms with Crippen LogP contribution in [0.25, 0.3) is 0 Å². The van der Waals surface area contributed by atoms with E-state index in [1.165, 1.54) is 32.1 Å². The summed E-state index contributed by atoms with van der Waals surface area (Å²) in [7, 11) is 0. The number of ketones is 1. The first-order valence-corrected chi connectivity index (χ1v) is 7.76. The summed E-state index contributed by atoms with van der Waals surface area (Å²) < 4.78 is 0. The number of carbonyl (C=O) groups is 1. The van der Waals surface area contributed by atoms with E-state index in [4.69, 9.17) is 0 Å². The Morgan fingerprint density at radius 1 is 0.941 bits per heavy atom. The first-order chi connectivity index (χ1) is 8.22. The fraction of sp³-hybridized carbons (Fsp3) is 0.938. The molecule has 0 radical (unpaired) electrons. The lowest BCUT2D eigenvalue weighted by atomic mass is 9.50. The Labute approximate surface area is 105 Å². The molecule has 4 saturated carbocycles. The summed E-state index contributed by atoms with van der Waals surface area (Å²) in [5.74, 6) is 5.00. The minimum absolute atomic E-state index is 0.359. The second-order valence-electron chi connectivity index (χ2n) is 6.87. The second-order valence-corrected chi connectivity index (χ2v) is 6.87. The van der Waals surface area contributed by atoms with Gasteiger partial charge in [-0.25, -0.2) is 0 Å².